The molecule has 0 radical (unpaired) electrons. The minimum Gasteiger partial charge on any atom is -0.478 e. The third-order valence-corrected chi connectivity index (χ3v) is 4.89. The van der Waals surface area contributed by atoms with Crippen molar-refractivity contribution in [2.75, 3.05) is 0 Å². The van der Waals surface area contributed by atoms with Crippen LogP contribution in [0.2, 0.25) is 0 Å². The first kappa shape index (κ1) is 15.1. The van der Waals surface area contributed by atoms with Crippen LogP contribution in [-0.4, -0.2) is 11.1 Å². The summed E-state index contributed by atoms with van der Waals surface area (Å²) in [6.45, 7) is 6.60. The molecule has 2 N–H and O–H groups in total. The van der Waals surface area contributed by atoms with Crippen molar-refractivity contribution in [2.45, 2.75) is 37.1 Å². The van der Waals surface area contributed by atoms with Crippen molar-refractivity contribution < 1.29 is 9.90 Å². The normalized spacial score (nSPS) is 17.3. The second kappa shape index (κ2) is 5.45. The molecule has 1 atom stereocenters. The fourth-order valence-corrected chi connectivity index (χ4v) is 3.56. The zero-order valence-electron chi connectivity index (χ0n) is 12.9. The molecule has 0 aromatic heterocycles. The Morgan fingerprint density at radius 2 is 1.95 bits per heavy atom. The number of fused-ring (bicyclic) bond motifs is 1. The summed E-state index contributed by atoms with van der Waals surface area (Å²) >= 11 is 1.61. The molecule has 3 rings (SSSR count). The monoisotopic (exact) mass is 313 g/mol. The third kappa shape index (κ3) is 2.76. The molecule has 22 heavy (non-hydrogen) atoms. The molecule has 0 amide bonds. The molecule has 0 spiro atoms. The van der Waals surface area contributed by atoms with Gasteiger partial charge in [0.25, 0.3) is 0 Å². The molecular weight excluding hydrogens is 294 g/mol. The lowest BCUT2D eigenvalue weighted by atomic mass is 9.85. The molecule has 0 saturated carbocycles. The van der Waals surface area contributed by atoms with E-state index in [1.165, 1.54) is 16.0 Å². The van der Waals surface area contributed by atoms with Gasteiger partial charge in [0, 0.05) is 4.90 Å². The van der Waals surface area contributed by atoms with Crippen LogP contribution in [0.1, 0.15) is 53.9 Å². The molecule has 1 heterocycles. The van der Waals surface area contributed by atoms with Gasteiger partial charge >= 0.3 is 5.97 Å². The number of benzene rings is 2. The lowest BCUT2D eigenvalue weighted by molar-refractivity contribution is 0.0696. The van der Waals surface area contributed by atoms with Crippen molar-refractivity contribution >= 4 is 17.9 Å². The molecule has 1 unspecified atom stereocenters. The Morgan fingerprint density at radius 3 is 2.64 bits per heavy atom. The highest BCUT2D eigenvalue weighted by molar-refractivity contribution is 7.97. The molecule has 1 aliphatic heterocycles. The standard InChI is InChI=1S/C18H19NO2S/c1-18(2,3)13-7-8-15-14(10-13)16(19-22-15)11-5-4-6-12(9-11)17(20)21/h4-10,16,19H,1-3H3,(H,20,21). The van der Waals surface area contributed by atoms with Crippen molar-refractivity contribution in [2.24, 2.45) is 0 Å². The zero-order chi connectivity index (χ0) is 15.9. The van der Waals surface area contributed by atoms with Gasteiger partial charge in [-0.25, -0.2) is 9.52 Å². The van der Waals surface area contributed by atoms with Crippen LogP contribution in [0, 0.1) is 0 Å². The van der Waals surface area contributed by atoms with Gasteiger partial charge in [-0.3, -0.25) is 0 Å². The largest absolute Gasteiger partial charge is 0.478 e. The van der Waals surface area contributed by atoms with Crippen LogP contribution in [0.3, 0.4) is 0 Å². The van der Waals surface area contributed by atoms with Crippen LogP contribution in [0.25, 0.3) is 0 Å². The van der Waals surface area contributed by atoms with Gasteiger partial charge in [0.15, 0.2) is 0 Å². The summed E-state index contributed by atoms with van der Waals surface area (Å²) in [4.78, 5) is 12.4. The minimum atomic E-state index is -0.892. The number of rotatable bonds is 2. The van der Waals surface area contributed by atoms with Gasteiger partial charge < -0.3 is 5.11 Å². The van der Waals surface area contributed by atoms with Crippen LogP contribution in [0.5, 0.6) is 0 Å². The van der Waals surface area contributed by atoms with Crippen molar-refractivity contribution in [1.29, 1.82) is 0 Å². The summed E-state index contributed by atoms with van der Waals surface area (Å²) < 4.78 is 3.41. The molecule has 2 aromatic carbocycles. The van der Waals surface area contributed by atoms with Gasteiger partial charge in [-0.1, -0.05) is 45.0 Å². The highest BCUT2D eigenvalue weighted by atomic mass is 32.2. The van der Waals surface area contributed by atoms with Crippen LogP contribution >= 0.6 is 11.9 Å². The zero-order valence-corrected chi connectivity index (χ0v) is 13.7. The topological polar surface area (TPSA) is 49.3 Å². The molecule has 1 aliphatic rings. The second-order valence-corrected chi connectivity index (χ2v) is 7.47. The summed E-state index contributed by atoms with van der Waals surface area (Å²) in [5.41, 5.74) is 3.91. The van der Waals surface area contributed by atoms with Crippen molar-refractivity contribution in [3.8, 4) is 0 Å². The smallest absolute Gasteiger partial charge is 0.335 e. The first-order valence-corrected chi connectivity index (χ1v) is 8.08. The fraction of sp³-hybridized carbons (Fsp3) is 0.278. The van der Waals surface area contributed by atoms with Crippen LogP contribution in [0.4, 0.5) is 0 Å². The predicted octanol–water partition coefficient (Wildman–Crippen LogP) is 4.38. The summed E-state index contributed by atoms with van der Waals surface area (Å²) in [6.07, 6.45) is 0. The van der Waals surface area contributed by atoms with E-state index >= 15 is 0 Å². The summed E-state index contributed by atoms with van der Waals surface area (Å²) in [6, 6.07) is 13.7. The highest BCUT2D eigenvalue weighted by Gasteiger charge is 2.27. The van der Waals surface area contributed by atoms with E-state index in [1.54, 1.807) is 30.1 Å². The van der Waals surface area contributed by atoms with E-state index in [-0.39, 0.29) is 11.5 Å². The molecule has 0 bridgehead atoms. The third-order valence-electron chi connectivity index (χ3n) is 3.94. The Kier molecular flexibility index (Phi) is 3.75. The summed E-state index contributed by atoms with van der Waals surface area (Å²) in [5, 5.41) is 9.17. The summed E-state index contributed by atoms with van der Waals surface area (Å²) in [7, 11) is 0. The van der Waals surface area contributed by atoms with Crippen molar-refractivity contribution in [3.05, 3.63) is 64.7 Å². The van der Waals surface area contributed by atoms with Crippen molar-refractivity contribution in [3.63, 3.8) is 0 Å². The maximum absolute atomic E-state index is 11.2. The summed E-state index contributed by atoms with van der Waals surface area (Å²) in [5.74, 6) is -0.892. The van der Waals surface area contributed by atoms with Gasteiger partial charge in [-0.05, 0) is 52.3 Å². The molecule has 4 heteroatoms. The molecule has 3 nitrogen and oxygen atoms in total. The molecular formula is C18H19NO2S. The van der Waals surface area contributed by atoms with Gasteiger partial charge in [0.05, 0.1) is 11.6 Å². The first-order valence-electron chi connectivity index (χ1n) is 7.26. The highest BCUT2D eigenvalue weighted by Crippen LogP contribution is 2.40. The SMILES string of the molecule is CC(C)(C)c1ccc2c(c1)C(c1cccc(C(=O)O)c1)NS2. The maximum Gasteiger partial charge on any atom is 0.335 e. The van der Waals surface area contributed by atoms with E-state index in [4.69, 9.17) is 0 Å². The Hall–Kier alpha value is -1.78. The molecule has 114 valence electrons. The molecule has 2 aromatic rings. The predicted molar refractivity (Wildman–Crippen MR) is 89.4 cm³/mol. The van der Waals surface area contributed by atoms with E-state index in [9.17, 15) is 9.90 Å². The number of nitrogens with one attached hydrogen (secondary N) is 1. The lowest BCUT2D eigenvalue weighted by Gasteiger charge is -2.21. The van der Waals surface area contributed by atoms with Gasteiger partial charge in [-0.2, -0.15) is 0 Å². The van der Waals surface area contributed by atoms with E-state index in [0.29, 0.717) is 5.56 Å². The molecule has 0 fully saturated rings. The Balaban J connectivity index is 2.03. The van der Waals surface area contributed by atoms with Crippen molar-refractivity contribution in [1.82, 2.24) is 4.72 Å². The van der Waals surface area contributed by atoms with Gasteiger partial charge in [-0.15, -0.1) is 0 Å². The second-order valence-electron chi connectivity index (χ2n) is 6.59. The van der Waals surface area contributed by atoms with Crippen LogP contribution in [0.15, 0.2) is 47.4 Å². The Labute approximate surface area is 134 Å². The van der Waals surface area contributed by atoms with E-state index in [1.807, 2.05) is 6.07 Å². The van der Waals surface area contributed by atoms with Crippen LogP contribution < -0.4 is 4.72 Å². The van der Waals surface area contributed by atoms with Crippen LogP contribution in [-0.2, 0) is 5.41 Å². The van der Waals surface area contributed by atoms with E-state index in [0.717, 1.165) is 5.56 Å². The Bertz CT molecular complexity index is 734. The fourth-order valence-electron chi connectivity index (χ4n) is 2.62. The average Bonchev–Trinajstić information content (AvgIpc) is 2.89. The lowest BCUT2D eigenvalue weighted by Crippen LogP contribution is -2.14. The van der Waals surface area contributed by atoms with E-state index in [2.05, 4.69) is 43.7 Å². The maximum atomic E-state index is 11.2. The van der Waals surface area contributed by atoms with E-state index < -0.39 is 5.97 Å². The number of carboxylic acid groups (broad SMARTS) is 1. The molecule has 0 aliphatic carbocycles. The number of carbonyl (C=O) groups is 1. The number of aromatic carboxylic acids is 1. The van der Waals surface area contributed by atoms with Gasteiger partial charge in [0.2, 0.25) is 0 Å². The molecule has 0 saturated heterocycles. The average molecular weight is 313 g/mol. The Morgan fingerprint density at radius 1 is 1.18 bits per heavy atom. The minimum absolute atomic E-state index is 0.0293. The van der Waals surface area contributed by atoms with Gasteiger partial charge in [0.1, 0.15) is 0 Å². The number of hydrogen-bond donors (Lipinski definition) is 2. The first-order chi connectivity index (χ1) is 10.4. The number of hydrogen-bond acceptors (Lipinski definition) is 3. The number of carboxylic acids is 1. The quantitative estimate of drug-likeness (QED) is 0.808.